The summed E-state index contributed by atoms with van der Waals surface area (Å²) in [6.07, 6.45) is 7.10. The Morgan fingerprint density at radius 1 is 0.971 bits per heavy atom. The number of piperidine rings is 1. The lowest BCUT2D eigenvalue weighted by Crippen LogP contribution is -2.43. The Morgan fingerprint density at radius 3 is 2.57 bits per heavy atom. The number of aromatic nitrogens is 3. The lowest BCUT2D eigenvalue weighted by molar-refractivity contribution is 0.102. The van der Waals surface area contributed by atoms with Gasteiger partial charge in [0.1, 0.15) is 0 Å². The van der Waals surface area contributed by atoms with E-state index in [1.54, 1.807) is 30.7 Å². The molecule has 3 aromatic heterocycles. The predicted molar refractivity (Wildman–Crippen MR) is 139 cm³/mol. The second-order valence-corrected chi connectivity index (χ2v) is 8.63. The van der Waals surface area contributed by atoms with Crippen molar-refractivity contribution < 1.29 is 4.79 Å². The summed E-state index contributed by atoms with van der Waals surface area (Å²) in [5.41, 5.74) is 17.6. The Morgan fingerprint density at radius 2 is 1.80 bits per heavy atom. The molecule has 5 rings (SSSR count). The van der Waals surface area contributed by atoms with Crippen LogP contribution in [0, 0.1) is 0 Å². The fourth-order valence-electron chi connectivity index (χ4n) is 4.31. The molecule has 0 aliphatic carbocycles. The zero-order valence-corrected chi connectivity index (χ0v) is 19.3. The summed E-state index contributed by atoms with van der Waals surface area (Å²) < 4.78 is 0. The van der Waals surface area contributed by atoms with Crippen LogP contribution in [0.3, 0.4) is 0 Å². The van der Waals surface area contributed by atoms with Gasteiger partial charge in [0.05, 0.1) is 34.6 Å². The highest BCUT2D eigenvalue weighted by Gasteiger charge is 2.21. The maximum absolute atomic E-state index is 13.2. The van der Waals surface area contributed by atoms with Crippen LogP contribution in [0.1, 0.15) is 23.3 Å². The van der Waals surface area contributed by atoms with E-state index in [9.17, 15) is 4.79 Å². The molecule has 176 valence electrons. The molecule has 1 aromatic carbocycles. The molecule has 35 heavy (non-hydrogen) atoms. The highest BCUT2D eigenvalue weighted by Crippen LogP contribution is 2.29. The smallest absolute Gasteiger partial charge is 0.276 e. The summed E-state index contributed by atoms with van der Waals surface area (Å²) >= 11 is 0. The van der Waals surface area contributed by atoms with Crippen molar-refractivity contribution >= 4 is 23.0 Å². The number of rotatable bonds is 5. The quantitative estimate of drug-likeness (QED) is 0.407. The third kappa shape index (κ3) is 4.97. The van der Waals surface area contributed by atoms with Gasteiger partial charge in [-0.1, -0.05) is 30.3 Å². The summed E-state index contributed by atoms with van der Waals surface area (Å²) in [6, 6.07) is 19.3. The van der Waals surface area contributed by atoms with Crippen LogP contribution in [0.25, 0.3) is 22.5 Å². The topological polar surface area (TPSA) is 123 Å². The molecule has 0 spiro atoms. The van der Waals surface area contributed by atoms with Crippen molar-refractivity contribution in [2.24, 2.45) is 5.73 Å². The van der Waals surface area contributed by atoms with Gasteiger partial charge in [0.25, 0.3) is 5.91 Å². The van der Waals surface area contributed by atoms with E-state index >= 15 is 0 Å². The fraction of sp³-hybridized carbons (Fsp3) is 0.185. The third-order valence-electron chi connectivity index (χ3n) is 6.12. The first-order valence-electron chi connectivity index (χ1n) is 11.6. The summed E-state index contributed by atoms with van der Waals surface area (Å²) in [6.45, 7) is 1.61. The number of hydrogen-bond donors (Lipinski definition) is 3. The van der Waals surface area contributed by atoms with Gasteiger partial charge in [0, 0.05) is 42.7 Å². The SMILES string of the molecule is Nc1ccc(-c2ccc(-c3ccccc3)nc2)nc1C(=O)Nc1cnccc1N1CCC[C@H](N)C1. The Labute approximate surface area is 204 Å². The van der Waals surface area contributed by atoms with Crippen LogP contribution in [0.2, 0.25) is 0 Å². The van der Waals surface area contributed by atoms with Gasteiger partial charge in [-0.15, -0.1) is 0 Å². The van der Waals surface area contributed by atoms with Gasteiger partial charge in [-0.2, -0.15) is 0 Å². The maximum Gasteiger partial charge on any atom is 0.276 e. The molecule has 0 bridgehead atoms. The van der Waals surface area contributed by atoms with Crippen LogP contribution in [0.5, 0.6) is 0 Å². The van der Waals surface area contributed by atoms with Crippen LogP contribution in [0.15, 0.2) is 79.3 Å². The second-order valence-electron chi connectivity index (χ2n) is 8.63. The van der Waals surface area contributed by atoms with Crippen molar-refractivity contribution in [3.8, 4) is 22.5 Å². The van der Waals surface area contributed by atoms with E-state index in [1.807, 2.05) is 48.5 Å². The molecule has 4 heterocycles. The van der Waals surface area contributed by atoms with E-state index in [-0.39, 0.29) is 11.7 Å². The van der Waals surface area contributed by atoms with Crippen LogP contribution in [0.4, 0.5) is 17.1 Å². The molecular weight excluding hydrogens is 438 g/mol. The summed E-state index contributed by atoms with van der Waals surface area (Å²) in [7, 11) is 0. The zero-order valence-electron chi connectivity index (χ0n) is 19.3. The number of anilines is 3. The molecule has 0 radical (unpaired) electrons. The number of nitrogens with two attached hydrogens (primary N) is 2. The molecule has 4 aromatic rings. The number of nitrogens with one attached hydrogen (secondary N) is 1. The number of nitrogens with zero attached hydrogens (tertiary/aromatic N) is 4. The number of amides is 1. The minimum Gasteiger partial charge on any atom is -0.397 e. The minimum atomic E-state index is -0.395. The van der Waals surface area contributed by atoms with Crippen LogP contribution in [-0.4, -0.2) is 40.0 Å². The first kappa shape index (κ1) is 22.5. The number of hydrogen-bond acceptors (Lipinski definition) is 7. The van der Waals surface area contributed by atoms with Gasteiger partial charge in [-0.25, -0.2) is 4.98 Å². The van der Waals surface area contributed by atoms with Crippen LogP contribution >= 0.6 is 0 Å². The average molecular weight is 466 g/mol. The number of nitrogen functional groups attached to an aromatic ring is 1. The van der Waals surface area contributed by atoms with Crippen molar-refractivity contribution in [3.05, 3.63) is 84.9 Å². The Hall–Kier alpha value is -4.30. The average Bonchev–Trinajstić information content (AvgIpc) is 2.90. The van der Waals surface area contributed by atoms with E-state index < -0.39 is 5.91 Å². The zero-order chi connectivity index (χ0) is 24.2. The summed E-state index contributed by atoms with van der Waals surface area (Å²) in [5.74, 6) is -0.395. The van der Waals surface area contributed by atoms with E-state index in [0.29, 0.717) is 17.1 Å². The highest BCUT2D eigenvalue weighted by molar-refractivity contribution is 6.07. The van der Waals surface area contributed by atoms with Gasteiger partial charge in [0.2, 0.25) is 0 Å². The maximum atomic E-state index is 13.2. The molecule has 1 fully saturated rings. The molecule has 1 aliphatic rings. The largest absolute Gasteiger partial charge is 0.397 e. The number of benzene rings is 1. The van der Waals surface area contributed by atoms with Gasteiger partial charge >= 0.3 is 0 Å². The lowest BCUT2D eigenvalue weighted by Gasteiger charge is -2.33. The summed E-state index contributed by atoms with van der Waals surface area (Å²) in [4.78, 5) is 28.7. The standard InChI is InChI=1S/C27H27N7O/c28-20-7-4-14-34(17-20)25-12-13-30-16-24(25)33-27(35)26-21(29)9-11-23(32-26)19-8-10-22(31-15-19)18-5-2-1-3-6-18/h1-3,5-6,8-13,15-16,20H,4,7,14,17,28-29H2,(H,33,35)/t20-/m0/s1. The summed E-state index contributed by atoms with van der Waals surface area (Å²) in [5, 5.41) is 2.95. The number of carbonyl (C=O) groups excluding carboxylic acids is 1. The molecule has 1 aliphatic heterocycles. The second kappa shape index (κ2) is 9.90. The van der Waals surface area contributed by atoms with Gasteiger partial charge < -0.3 is 21.7 Å². The minimum absolute atomic E-state index is 0.108. The molecule has 1 saturated heterocycles. The van der Waals surface area contributed by atoms with Gasteiger partial charge in [-0.05, 0) is 43.2 Å². The lowest BCUT2D eigenvalue weighted by atomic mass is 10.1. The number of carbonyl (C=O) groups is 1. The molecule has 0 unspecified atom stereocenters. The van der Waals surface area contributed by atoms with Crippen LogP contribution in [-0.2, 0) is 0 Å². The molecule has 1 atom stereocenters. The number of pyridine rings is 3. The van der Waals surface area contributed by atoms with E-state index in [2.05, 4.69) is 25.2 Å². The predicted octanol–water partition coefficient (Wildman–Crippen LogP) is 3.97. The Balaban J connectivity index is 1.38. The van der Waals surface area contributed by atoms with Crippen molar-refractivity contribution in [2.45, 2.75) is 18.9 Å². The molecule has 1 amide bonds. The first-order chi connectivity index (χ1) is 17.1. The molecule has 8 heteroatoms. The molecular formula is C27H27N7O. The van der Waals surface area contributed by atoms with E-state index in [4.69, 9.17) is 11.5 Å². The third-order valence-corrected chi connectivity index (χ3v) is 6.12. The highest BCUT2D eigenvalue weighted by atomic mass is 16.1. The normalized spacial score (nSPS) is 15.6. The van der Waals surface area contributed by atoms with Crippen LogP contribution < -0.4 is 21.7 Å². The van der Waals surface area contributed by atoms with E-state index in [0.717, 1.165) is 48.4 Å². The van der Waals surface area contributed by atoms with Gasteiger partial charge in [-0.3, -0.25) is 14.8 Å². The van der Waals surface area contributed by atoms with Crippen molar-refractivity contribution in [1.82, 2.24) is 15.0 Å². The monoisotopic (exact) mass is 465 g/mol. The molecule has 8 nitrogen and oxygen atoms in total. The Kier molecular flexibility index (Phi) is 6.36. The first-order valence-corrected chi connectivity index (χ1v) is 11.6. The van der Waals surface area contributed by atoms with E-state index in [1.165, 1.54) is 0 Å². The molecule has 5 N–H and O–H groups in total. The van der Waals surface area contributed by atoms with Crippen molar-refractivity contribution in [1.29, 1.82) is 0 Å². The van der Waals surface area contributed by atoms with Crippen molar-refractivity contribution in [3.63, 3.8) is 0 Å². The Bertz CT molecular complexity index is 1330. The fourth-order valence-corrected chi connectivity index (χ4v) is 4.31. The van der Waals surface area contributed by atoms with Crippen molar-refractivity contribution in [2.75, 3.05) is 29.0 Å². The molecule has 0 saturated carbocycles. The van der Waals surface area contributed by atoms with Gasteiger partial charge in [0.15, 0.2) is 5.69 Å².